The predicted molar refractivity (Wildman–Crippen MR) is 65.8 cm³/mol. The summed E-state index contributed by atoms with van der Waals surface area (Å²) in [6, 6.07) is 9.68. The van der Waals surface area contributed by atoms with Gasteiger partial charge >= 0.3 is 0 Å². The number of methoxy groups -OCH3 is 1. The first-order chi connectivity index (χ1) is 7.86. The molecule has 0 bridgehead atoms. The van der Waals surface area contributed by atoms with Crippen molar-refractivity contribution >= 4 is 11.8 Å². The van der Waals surface area contributed by atoms with Gasteiger partial charge in [0.15, 0.2) is 5.16 Å². The van der Waals surface area contributed by atoms with E-state index in [0.717, 1.165) is 16.7 Å². The second-order valence-corrected chi connectivity index (χ2v) is 3.99. The van der Waals surface area contributed by atoms with Crippen molar-refractivity contribution in [2.24, 2.45) is 0 Å². The second kappa shape index (κ2) is 7.76. The van der Waals surface area contributed by atoms with E-state index in [0.29, 0.717) is 0 Å². The monoisotopic (exact) mass is 237 g/mol. The molecule has 0 saturated heterocycles. The minimum absolute atomic E-state index is 0.896. The van der Waals surface area contributed by atoms with Gasteiger partial charge in [-0.05, 0) is 17.9 Å². The molecule has 0 fully saturated rings. The molecule has 0 saturated carbocycles. The van der Waals surface area contributed by atoms with Crippen LogP contribution in [0.4, 0.5) is 0 Å². The molecule has 0 atom stereocenters. The van der Waals surface area contributed by atoms with Gasteiger partial charge < -0.3 is 4.74 Å². The number of ether oxygens (including phenoxy) is 1. The first-order valence-corrected chi connectivity index (χ1v) is 5.92. The molecule has 2 rings (SSSR count). The van der Waals surface area contributed by atoms with Crippen molar-refractivity contribution in [2.75, 3.05) is 12.9 Å². The van der Waals surface area contributed by atoms with Crippen molar-refractivity contribution in [1.29, 1.82) is 0 Å². The molecule has 1 aromatic heterocycles. The molecule has 0 amide bonds. The summed E-state index contributed by atoms with van der Waals surface area (Å²) in [5.41, 5.74) is 0. The number of aromatic nitrogens is 3. The van der Waals surface area contributed by atoms with E-state index < -0.39 is 0 Å². The number of thioether (sulfide) groups is 1. The number of nitrogens with one attached hydrogen (secondary N) is 1. The van der Waals surface area contributed by atoms with E-state index in [1.165, 1.54) is 6.33 Å². The summed E-state index contributed by atoms with van der Waals surface area (Å²) in [6.45, 7) is 2.08. The number of hydrogen-bond donors (Lipinski definition) is 1. The quantitative estimate of drug-likeness (QED) is 0.834. The van der Waals surface area contributed by atoms with Crippen LogP contribution in [0.5, 0.6) is 5.75 Å². The number of rotatable bonds is 3. The third-order valence-electron chi connectivity index (χ3n) is 1.65. The zero-order valence-electron chi connectivity index (χ0n) is 9.38. The highest BCUT2D eigenvalue weighted by atomic mass is 32.2. The van der Waals surface area contributed by atoms with Crippen molar-refractivity contribution in [3.63, 3.8) is 0 Å². The van der Waals surface area contributed by atoms with E-state index in [1.807, 2.05) is 30.3 Å². The lowest BCUT2D eigenvalue weighted by Gasteiger charge is -1.93. The molecule has 0 aliphatic rings. The molecule has 86 valence electrons. The Hall–Kier alpha value is -1.49. The highest BCUT2D eigenvalue weighted by Gasteiger charge is 1.89. The van der Waals surface area contributed by atoms with E-state index in [9.17, 15) is 0 Å². The maximum Gasteiger partial charge on any atom is 0.183 e. The molecule has 0 aliphatic carbocycles. The van der Waals surface area contributed by atoms with Gasteiger partial charge in [-0.1, -0.05) is 36.9 Å². The van der Waals surface area contributed by atoms with Crippen molar-refractivity contribution in [3.8, 4) is 5.75 Å². The average molecular weight is 237 g/mol. The van der Waals surface area contributed by atoms with Gasteiger partial charge in [0.25, 0.3) is 0 Å². The van der Waals surface area contributed by atoms with E-state index in [2.05, 4.69) is 22.1 Å². The number of nitrogens with zero attached hydrogens (tertiary/aromatic N) is 2. The molecule has 2 aromatic rings. The van der Waals surface area contributed by atoms with Gasteiger partial charge in [0, 0.05) is 0 Å². The highest BCUT2D eigenvalue weighted by Crippen LogP contribution is 2.07. The molecule has 1 aromatic carbocycles. The van der Waals surface area contributed by atoms with Crippen molar-refractivity contribution < 1.29 is 4.74 Å². The van der Waals surface area contributed by atoms with Crippen LogP contribution in [0.2, 0.25) is 0 Å². The Morgan fingerprint density at radius 1 is 1.31 bits per heavy atom. The fourth-order valence-corrected chi connectivity index (χ4v) is 1.47. The molecule has 1 N–H and O–H groups in total. The Morgan fingerprint density at radius 2 is 2.06 bits per heavy atom. The molecule has 4 nitrogen and oxygen atoms in total. The van der Waals surface area contributed by atoms with Crippen LogP contribution in [-0.4, -0.2) is 28.0 Å². The number of benzene rings is 1. The summed E-state index contributed by atoms with van der Waals surface area (Å²) in [6.07, 6.45) is 1.51. The summed E-state index contributed by atoms with van der Waals surface area (Å²) in [5.74, 6) is 1.95. The summed E-state index contributed by atoms with van der Waals surface area (Å²) >= 11 is 1.65. The molecule has 0 spiro atoms. The number of aromatic amines is 1. The van der Waals surface area contributed by atoms with Crippen molar-refractivity contribution in [2.45, 2.75) is 12.1 Å². The Bertz CT molecular complexity index is 364. The van der Waals surface area contributed by atoms with E-state index >= 15 is 0 Å². The second-order valence-electron chi connectivity index (χ2n) is 2.74. The normalized spacial score (nSPS) is 9.12. The van der Waals surface area contributed by atoms with Crippen LogP contribution < -0.4 is 4.74 Å². The maximum atomic E-state index is 4.91. The van der Waals surface area contributed by atoms with E-state index in [-0.39, 0.29) is 0 Å². The fraction of sp³-hybridized carbons (Fsp3) is 0.273. The van der Waals surface area contributed by atoms with Crippen molar-refractivity contribution in [1.82, 2.24) is 15.2 Å². The Morgan fingerprint density at radius 3 is 2.50 bits per heavy atom. The zero-order valence-corrected chi connectivity index (χ0v) is 10.2. The molecule has 0 radical (unpaired) electrons. The van der Waals surface area contributed by atoms with Gasteiger partial charge in [0.05, 0.1) is 7.11 Å². The molecule has 16 heavy (non-hydrogen) atoms. The largest absolute Gasteiger partial charge is 0.497 e. The molecule has 0 aliphatic heterocycles. The van der Waals surface area contributed by atoms with Gasteiger partial charge in [0.2, 0.25) is 0 Å². The summed E-state index contributed by atoms with van der Waals surface area (Å²) in [7, 11) is 1.66. The first kappa shape index (κ1) is 12.6. The van der Waals surface area contributed by atoms with Crippen LogP contribution in [0.1, 0.15) is 6.92 Å². The predicted octanol–water partition coefficient (Wildman–Crippen LogP) is 2.61. The van der Waals surface area contributed by atoms with Gasteiger partial charge in [-0.25, -0.2) is 4.98 Å². The van der Waals surface area contributed by atoms with Crippen LogP contribution in [0, 0.1) is 0 Å². The van der Waals surface area contributed by atoms with Crippen LogP contribution in [0.15, 0.2) is 41.8 Å². The Labute approximate surface area is 99.4 Å². The molecular formula is C11H15N3OS. The first-order valence-electron chi connectivity index (χ1n) is 4.94. The lowest BCUT2D eigenvalue weighted by Crippen LogP contribution is -1.78. The van der Waals surface area contributed by atoms with Gasteiger partial charge in [0.1, 0.15) is 12.1 Å². The highest BCUT2D eigenvalue weighted by molar-refractivity contribution is 7.99. The topological polar surface area (TPSA) is 50.8 Å². The van der Waals surface area contributed by atoms with Gasteiger partial charge in [-0.3, -0.25) is 5.10 Å². The minimum Gasteiger partial charge on any atom is -0.497 e. The van der Waals surface area contributed by atoms with Gasteiger partial charge in [-0.15, -0.1) is 0 Å². The molecule has 1 heterocycles. The standard InChI is InChI=1S/C7H8O.C4H7N3S/c1-8-7-5-3-2-4-6-7;1-2-8-4-5-3-6-7-4/h2-6H,1H3;3H,2H2,1H3,(H,5,6,7). The average Bonchev–Trinajstić information content (AvgIpc) is 2.84. The summed E-state index contributed by atoms with van der Waals surface area (Å²) in [4.78, 5) is 3.90. The van der Waals surface area contributed by atoms with Crippen LogP contribution in [0.25, 0.3) is 0 Å². The Kier molecular flexibility index (Phi) is 6.10. The SMILES string of the molecule is CCSc1ncn[nH]1.COc1ccccc1. The van der Waals surface area contributed by atoms with Crippen molar-refractivity contribution in [3.05, 3.63) is 36.7 Å². The molecule has 0 unspecified atom stereocenters. The van der Waals surface area contributed by atoms with Crippen LogP contribution in [-0.2, 0) is 0 Å². The smallest absolute Gasteiger partial charge is 0.183 e. The lowest BCUT2D eigenvalue weighted by atomic mass is 10.3. The van der Waals surface area contributed by atoms with E-state index in [4.69, 9.17) is 4.74 Å². The third-order valence-corrected chi connectivity index (χ3v) is 2.41. The summed E-state index contributed by atoms with van der Waals surface area (Å²) < 4.78 is 4.91. The third kappa shape index (κ3) is 4.84. The minimum atomic E-state index is 0.896. The van der Waals surface area contributed by atoms with E-state index in [1.54, 1.807) is 18.9 Å². The summed E-state index contributed by atoms with van der Waals surface area (Å²) in [5, 5.41) is 7.32. The van der Waals surface area contributed by atoms with Crippen LogP contribution >= 0.6 is 11.8 Å². The lowest BCUT2D eigenvalue weighted by molar-refractivity contribution is 0.415. The number of hydrogen-bond acceptors (Lipinski definition) is 4. The Balaban J connectivity index is 0.000000160. The molecule has 5 heteroatoms. The number of H-pyrrole nitrogens is 1. The molecular weight excluding hydrogens is 222 g/mol. The van der Waals surface area contributed by atoms with Crippen LogP contribution in [0.3, 0.4) is 0 Å². The maximum absolute atomic E-state index is 4.91. The number of para-hydroxylation sites is 1. The zero-order chi connectivity index (χ0) is 11.6. The van der Waals surface area contributed by atoms with Gasteiger partial charge in [-0.2, -0.15) is 5.10 Å². The fourth-order valence-electron chi connectivity index (χ4n) is 0.957.